The van der Waals surface area contributed by atoms with Crippen LogP contribution in [0.3, 0.4) is 0 Å². The van der Waals surface area contributed by atoms with Gasteiger partial charge in [0.2, 0.25) is 11.8 Å². The lowest BCUT2D eigenvalue weighted by molar-refractivity contribution is -0.398. The van der Waals surface area contributed by atoms with Crippen molar-refractivity contribution in [3.63, 3.8) is 0 Å². The fourth-order valence-corrected chi connectivity index (χ4v) is 18.1. The Balaban J connectivity index is 1.02. The zero-order valence-corrected chi connectivity index (χ0v) is 46.4. The van der Waals surface area contributed by atoms with Crippen molar-refractivity contribution in [1.29, 1.82) is 0 Å². The van der Waals surface area contributed by atoms with Crippen molar-refractivity contribution in [2.75, 3.05) is 19.8 Å². The van der Waals surface area contributed by atoms with Gasteiger partial charge in [0.15, 0.2) is 24.7 Å². The SMILES string of the molecule is C=C1C[C@@]23CC[C@H]4[C@@](C)(CCC[C@@]4(C)C(=O)N[C@@H](CC(=O)O)C(=O)N[C@H](C)C(=O)CC4C(C)(C)SC4(C)C)[C@@H]2CC[C@]1(O[C@@H]1O[C@H](CO)[C@@H](O)[C@H](O[C@@H]2O[C@H](CO)[C@@H](C)[C@H](O)[C@H]2O)[C@H]1O[C@@H]1O[C@H](CO)[C@@H](O)[C@H](O)[C@H]1O)C3. The number of ketones is 1. The summed E-state index contributed by atoms with van der Waals surface area (Å²) in [5, 5.41) is 113. The minimum absolute atomic E-state index is 0.0286. The monoisotopic (exact) mass is 1110 g/mol. The van der Waals surface area contributed by atoms with Gasteiger partial charge in [-0.2, -0.15) is 0 Å². The van der Waals surface area contributed by atoms with Gasteiger partial charge in [0.05, 0.1) is 50.1 Å². The Morgan fingerprint density at radius 3 is 1.90 bits per heavy atom. The minimum Gasteiger partial charge on any atom is -0.481 e. The van der Waals surface area contributed by atoms with E-state index in [1.165, 1.54) is 0 Å². The molecule has 438 valence electrons. The van der Waals surface area contributed by atoms with Crippen molar-refractivity contribution in [2.45, 2.75) is 239 Å². The summed E-state index contributed by atoms with van der Waals surface area (Å²) in [5.74, 6) is -3.46. The molecule has 4 aliphatic heterocycles. The fraction of sp³-hybridized carbons (Fsp3) is 0.889. The van der Waals surface area contributed by atoms with Crippen LogP contribution in [0, 0.1) is 39.9 Å². The first kappa shape index (κ1) is 60.7. The number of hydrogen-bond donors (Lipinski definition) is 12. The summed E-state index contributed by atoms with van der Waals surface area (Å²) >= 11 is 1.79. The molecule has 0 aromatic rings. The summed E-state index contributed by atoms with van der Waals surface area (Å²) in [6.45, 7) is 18.0. The highest BCUT2D eigenvalue weighted by atomic mass is 32.2. The predicted molar refractivity (Wildman–Crippen MR) is 273 cm³/mol. The number of ether oxygens (including phenoxy) is 6. The zero-order chi connectivity index (χ0) is 56.7. The average molecular weight is 1120 g/mol. The molecule has 4 aliphatic carbocycles. The highest BCUT2D eigenvalue weighted by molar-refractivity contribution is 8.03. The molecule has 0 aromatic heterocycles. The van der Waals surface area contributed by atoms with Gasteiger partial charge in [-0.25, -0.2) is 0 Å². The van der Waals surface area contributed by atoms with Crippen LogP contribution < -0.4 is 10.6 Å². The van der Waals surface area contributed by atoms with Crippen LogP contribution in [0.1, 0.15) is 126 Å². The van der Waals surface area contributed by atoms with Crippen LogP contribution in [-0.4, -0.2) is 208 Å². The molecular formula is C54H86N2O20S. The number of carbonyl (C=O) groups excluding carboxylic acids is 3. The second kappa shape index (κ2) is 22.4. The number of carboxylic acids is 1. The number of aliphatic hydroxyl groups is 9. The smallest absolute Gasteiger partial charge is 0.305 e. The summed E-state index contributed by atoms with van der Waals surface area (Å²) in [4.78, 5) is 54.4. The molecule has 0 aromatic carbocycles. The number of hydrogen-bond acceptors (Lipinski definition) is 20. The van der Waals surface area contributed by atoms with Gasteiger partial charge in [0.25, 0.3) is 0 Å². The topological polar surface area (TPSA) is 350 Å². The molecule has 2 bridgehead atoms. The number of Topliss-reactive ketones (excluding diaryl/α,β-unsaturated/α-hetero) is 1. The zero-order valence-electron chi connectivity index (χ0n) is 45.6. The number of fused-ring (bicyclic) bond motifs is 3. The molecule has 8 fully saturated rings. The summed E-state index contributed by atoms with van der Waals surface area (Å²) in [6.07, 6.45) is -18.1. The Morgan fingerprint density at radius 2 is 1.29 bits per heavy atom. The molecule has 8 rings (SSSR count). The van der Waals surface area contributed by atoms with Gasteiger partial charge in [-0.1, -0.05) is 61.5 Å². The first-order valence-electron chi connectivity index (χ1n) is 27.5. The van der Waals surface area contributed by atoms with Crippen molar-refractivity contribution in [3.8, 4) is 0 Å². The van der Waals surface area contributed by atoms with E-state index in [-0.39, 0.29) is 39.5 Å². The van der Waals surface area contributed by atoms with E-state index in [9.17, 15) is 70.2 Å². The average Bonchev–Trinajstić information content (AvgIpc) is 3.88. The normalized spacial score (nSPS) is 46.1. The van der Waals surface area contributed by atoms with Crippen LogP contribution in [0.5, 0.6) is 0 Å². The van der Waals surface area contributed by atoms with Gasteiger partial charge in [0, 0.05) is 27.2 Å². The third kappa shape index (κ3) is 10.9. The molecule has 77 heavy (non-hydrogen) atoms. The van der Waals surface area contributed by atoms with Gasteiger partial charge in [0.1, 0.15) is 61.0 Å². The Hall–Kier alpha value is -2.43. The number of aliphatic carboxylic acids is 1. The van der Waals surface area contributed by atoms with Gasteiger partial charge < -0.3 is 90.1 Å². The van der Waals surface area contributed by atoms with Crippen LogP contribution in [0.25, 0.3) is 0 Å². The lowest BCUT2D eigenvalue weighted by Gasteiger charge is -2.64. The molecule has 22 nitrogen and oxygen atoms in total. The summed E-state index contributed by atoms with van der Waals surface area (Å²) in [5.41, 5.74) is -2.25. The maximum absolute atomic E-state index is 14.8. The highest BCUT2D eigenvalue weighted by Crippen LogP contribution is 2.74. The van der Waals surface area contributed by atoms with Gasteiger partial charge in [-0.05, 0) is 92.4 Å². The first-order chi connectivity index (χ1) is 35.9. The van der Waals surface area contributed by atoms with Crippen LogP contribution in [0.4, 0.5) is 0 Å². The number of carbonyl (C=O) groups is 4. The number of carboxylic acid groups (broad SMARTS) is 1. The number of nitrogens with one attached hydrogen (secondary N) is 2. The molecule has 1 spiro atoms. The van der Waals surface area contributed by atoms with E-state index in [0.29, 0.717) is 51.4 Å². The van der Waals surface area contributed by atoms with Gasteiger partial charge >= 0.3 is 5.97 Å². The highest BCUT2D eigenvalue weighted by Gasteiger charge is 2.69. The Bertz CT molecular complexity index is 2190. The molecule has 4 saturated heterocycles. The van der Waals surface area contributed by atoms with E-state index in [0.717, 1.165) is 12.0 Å². The lowest BCUT2D eigenvalue weighted by Crippen LogP contribution is -2.67. The summed E-state index contributed by atoms with van der Waals surface area (Å²) < 4.78 is 37.4. The van der Waals surface area contributed by atoms with E-state index < -0.39 is 170 Å². The van der Waals surface area contributed by atoms with Crippen LogP contribution >= 0.6 is 11.8 Å². The van der Waals surface area contributed by atoms with Crippen molar-refractivity contribution in [1.82, 2.24) is 10.6 Å². The van der Waals surface area contributed by atoms with Crippen molar-refractivity contribution in [3.05, 3.63) is 12.2 Å². The predicted octanol–water partition coefficient (Wildman–Crippen LogP) is 0.162. The standard InChI is InChI=1S/C54H86N2O20S/c1-24-19-53-15-11-32-51(8,13-10-14-52(32,9)48(70)56-27(17-35(61)62)44(69)55-26(3)28(60)18-34-49(4,5)77-50(34,6)7)33(53)12-16-54(24,23-53)76-47-43(75-46-41(68)39(66)37(64)30(21-58)72-46)42(38(65)31(22-59)73-47)74-45-40(67)36(63)25(2)29(20-57)71-45/h25-27,29-34,36-43,45-47,57-59,63-68H,1,10-23H2,2-9H3,(H,55,69)(H,56,70)(H,61,62)/t25-,26-,27+,29-,30-,31-,32+,33+,36+,37-,38-,39+,40-,41-,42+,43-,45+,46+,47+,51-,52-,53-,54+/m1/s1. The second-order valence-corrected chi connectivity index (χ2v) is 27.8. The van der Waals surface area contributed by atoms with Crippen LogP contribution in [-0.2, 0) is 47.6 Å². The van der Waals surface area contributed by atoms with Gasteiger partial charge in [-0.15, -0.1) is 11.8 Å². The van der Waals surface area contributed by atoms with E-state index >= 15 is 0 Å². The van der Waals surface area contributed by atoms with Crippen LogP contribution in [0.2, 0.25) is 0 Å². The van der Waals surface area contributed by atoms with Crippen molar-refractivity contribution in [2.24, 2.45) is 39.9 Å². The minimum atomic E-state index is -1.93. The molecule has 12 N–H and O–H groups in total. The molecule has 8 aliphatic rings. The largest absolute Gasteiger partial charge is 0.481 e. The number of aliphatic hydroxyl groups excluding tert-OH is 9. The fourth-order valence-electron chi connectivity index (χ4n) is 15.9. The Kier molecular flexibility index (Phi) is 17.6. The molecule has 23 heteroatoms. The third-order valence-corrected chi connectivity index (χ3v) is 21.5. The lowest BCUT2D eigenvalue weighted by atomic mass is 9.40. The number of rotatable bonds is 18. The van der Waals surface area contributed by atoms with E-state index in [2.05, 4.69) is 51.8 Å². The van der Waals surface area contributed by atoms with E-state index in [1.807, 2.05) is 6.92 Å². The molecule has 0 unspecified atom stereocenters. The third-order valence-electron chi connectivity index (χ3n) is 19.9. The maximum Gasteiger partial charge on any atom is 0.305 e. The van der Waals surface area contributed by atoms with Gasteiger partial charge in [-0.3, -0.25) is 19.2 Å². The molecular weight excluding hydrogens is 1030 g/mol. The Morgan fingerprint density at radius 1 is 0.714 bits per heavy atom. The Labute approximate surface area is 454 Å². The first-order valence-corrected chi connectivity index (χ1v) is 28.3. The second-order valence-electron chi connectivity index (χ2n) is 25.5. The molecule has 23 atom stereocenters. The quantitative estimate of drug-likeness (QED) is 0.0643. The molecule has 0 radical (unpaired) electrons. The van der Waals surface area contributed by atoms with Crippen molar-refractivity contribution >= 4 is 35.3 Å². The van der Waals surface area contributed by atoms with Crippen LogP contribution in [0.15, 0.2) is 12.2 Å². The molecule has 4 heterocycles. The van der Waals surface area contributed by atoms with E-state index in [4.69, 9.17) is 28.4 Å². The number of thioether (sulfide) groups is 1. The molecule has 2 amide bonds. The van der Waals surface area contributed by atoms with E-state index in [1.54, 1.807) is 25.6 Å². The number of amides is 2. The summed E-state index contributed by atoms with van der Waals surface area (Å²) in [7, 11) is 0. The summed E-state index contributed by atoms with van der Waals surface area (Å²) in [6, 6.07) is -2.35. The maximum atomic E-state index is 14.8. The van der Waals surface area contributed by atoms with Crippen molar-refractivity contribution < 1.29 is 98.7 Å². The molecule has 4 saturated carbocycles.